The molecule has 110 valence electrons. The van der Waals surface area contributed by atoms with Gasteiger partial charge in [-0.2, -0.15) is 0 Å². The molecule has 0 radical (unpaired) electrons. The van der Waals surface area contributed by atoms with Gasteiger partial charge in [0, 0.05) is 11.6 Å². The van der Waals surface area contributed by atoms with Crippen LogP contribution in [0.25, 0.3) is 10.9 Å². The van der Waals surface area contributed by atoms with Crippen LogP contribution in [-0.2, 0) is 16.1 Å². The van der Waals surface area contributed by atoms with Crippen molar-refractivity contribution in [3.8, 4) is 0 Å². The van der Waals surface area contributed by atoms with Crippen LogP contribution in [0, 0.1) is 5.92 Å². The molecular formula is C17H19NO3. The molecule has 0 bridgehead atoms. The molecule has 2 aromatic rings. The second-order valence-corrected chi connectivity index (χ2v) is 5.65. The van der Waals surface area contributed by atoms with Gasteiger partial charge in [-0.1, -0.05) is 12.1 Å². The first-order valence-electron chi connectivity index (χ1n) is 7.40. The average Bonchev–Trinajstić information content (AvgIpc) is 2.53. The maximum atomic E-state index is 10.9. The van der Waals surface area contributed by atoms with Crippen molar-refractivity contribution in [2.75, 3.05) is 0 Å². The normalized spacial score (nSPS) is 22.3. The second kappa shape index (κ2) is 6.22. The molecule has 4 nitrogen and oxygen atoms in total. The second-order valence-electron chi connectivity index (χ2n) is 5.65. The molecule has 3 rings (SSSR count). The van der Waals surface area contributed by atoms with E-state index in [1.165, 1.54) is 0 Å². The smallest absolute Gasteiger partial charge is 0.306 e. The van der Waals surface area contributed by atoms with Gasteiger partial charge in [0.25, 0.3) is 0 Å². The average molecular weight is 285 g/mol. The van der Waals surface area contributed by atoms with Crippen LogP contribution in [0.5, 0.6) is 0 Å². The van der Waals surface area contributed by atoms with Crippen LogP contribution in [0.4, 0.5) is 0 Å². The van der Waals surface area contributed by atoms with Crippen molar-refractivity contribution in [1.82, 2.24) is 4.98 Å². The zero-order chi connectivity index (χ0) is 14.7. The van der Waals surface area contributed by atoms with Gasteiger partial charge in [-0.05, 0) is 49.4 Å². The van der Waals surface area contributed by atoms with Gasteiger partial charge in [-0.15, -0.1) is 0 Å². The highest BCUT2D eigenvalue weighted by atomic mass is 16.5. The first-order valence-corrected chi connectivity index (χ1v) is 7.40. The summed E-state index contributed by atoms with van der Waals surface area (Å²) in [6.45, 7) is 0.577. The number of ether oxygens (including phenoxy) is 1. The van der Waals surface area contributed by atoms with Gasteiger partial charge in [-0.3, -0.25) is 9.78 Å². The Bertz CT molecular complexity index is 633. The number of carboxylic acid groups (broad SMARTS) is 1. The van der Waals surface area contributed by atoms with Crippen LogP contribution < -0.4 is 0 Å². The molecule has 1 saturated carbocycles. The summed E-state index contributed by atoms with van der Waals surface area (Å²) in [4.78, 5) is 15.2. The molecule has 0 atom stereocenters. The summed E-state index contributed by atoms with van der Waals surface area (Å²) in [5.41, 5.74) is 2.12. The number of pyridine rings is 1. The fourth-order valence-corrected chi connectivity index (χ4v) is 2.91. The molecule has 1 aromatic carbocycles. The van der Waals surface area contributed by atoms with Crippen LogP contribution in [0.1, 0.15) is 31.2 Å². The molecular weight excluding hydrogens is 266 g/mol. The minimum Gasteiger partial charge on any atom is -0.481 e. The van der Waals surface area contributed by atoms with Gasteiger partial charge in [0.2, 0.25) is 0 Å². The maximum Gasteiger partial charge on any atom is 0.306 e. The molecule has 0 saturated heterocycles. The Hall–Kier alpha value is -1.94. The highest BCUT2D eigenvalue weighted by molar-refractivity contribution is 5.78. The third kappa shape index (κ3) is 3.39. The molecule has 4 heteroatoms. The minimum atomic E-state index is -0.671. The Morgan fingerprint density at radius 3 is 2.81 bits per heavy atom. The van der Waals surface area contributed by atoms with Crippen LogP contribution in [-0.4, -0.2) is 22.2 Å². The van der Waals surface area contributed by atoms with Crippen molar-refractivity contribution in [1.29, 1.82) is 0 Å². The summed E-state index contributed by atoms with van der Waals surface area (Å²) < 4.78 is 5.93. The van der Waals surface area contributed by atoms with Crippen molar-refractivity contribution < 1.29 is 14.6 Å². The van der Waals surface area contributed by atoms with Crippen molar-refractivity contribution in [2.24, 2.45) is 5.92 Å². The van der Waals surface area contributed by atoms with Crippen molar-refractivity contribution in [3.63, 3.8) is 0 Å². The lowest BCUT2D eigenvalue weighted by atomic mass is 9.87. The standard InChI is InChI=1S/C17H19NO3/c19-17(20)13-4-6-15(7-5-13)21-11-12-3-8-16-14(10-12)2-1-9-18-16/h1-3,8-10,13,15H,4-7,11H2,(H,19,20). The number of nitrogens with zero attached hydrogens (tertiary/aromatic N) is 1. The van der Waals surface area contributed by atoms with E-state index in [-0.39, 0.29) is 12.0 Å². The molecule has 1 aliphatic carbocycles. The largest absolute Gasteiger partial charge is 0.481 e. The molecule has 0 aliphatic heterocycles. The number of aliphatic carboxylic acids is 1. The minimum absolute atomic E-state index is 0.184. The van der Waals surface area contributed by atoms with Crippen molar-refractivity contribution in [3.05, 3.63) is 42.1 Å². The molecule has 1 fully saturated rings. The maximum absolute atomic E-state index is 10.9. The van der Waals surface area contributed by atoms with Gasteiger partial charge in [-0.25, -0.2) is 0 Å². The Balaban J connectivity index is 1.56. The summed E-state index contributed by atoms with van der Waals surface area (Å²) in [6, 6.07) is 10.1. The third-order valence-corrected chi connectivity index (χ3v) is 4.18. The monoisotopic (exact) mass is 285 g/mol. The molecule has 0 amide bonds. The first-order chi connectivity index (χ1) is 10.2. The Morgan fingerprint density at radius 1 is 1.24 bits per heavy atom. The lowest BCUT2D eigenvalue weighted by Crippen LogP contribution is -2.25. The number of carboxylic acids is 1. The highest BCUT2D eigenvalue weighted by Gasteiger charge is 2.26. The third-order valence-electron chi connectivity index (χ3n) is 4.18. The Labute approximate surface area is 123 Å². The summed E-state index contributed by atoms with van der Waals surface area (Å²) in [5, 5.41) is 10.1. The van der Waals surface area contributed by atoms with E-state index in [0.29, 0.717) is 6.61 Å². The molecule has 1 aliphatic rings. The lowest BCUT2D eigenvalue weighted by molar-refractivity contribution is -0.143. The zero-order valence-electron chi connectivity index (χ0n) is 11.9. The van der Waals surface area contributed by atoms with Crippen LogP contribution in [0.2, 0.25) is 0 Å². The van der Waals surface area contributed by atoms with Crippen LogP contribution >= 0.6 is 0 Å². The van der Waals surface area contributed by atoms with E-state index in [9.17, 15) is 4.79 Å². The number of carbonyl (C=O) groups is 1. The molecule has 1 N–H and O–H groups in total. The summed E-state index contributed by atoms with van der Waals surface area (Å²) in [5.74, 6) is -0.855. The summed E-state index contributed by atoms with van der Waals surface area (Å²) in [6.07, 6.45) is 5.10. The van der Waals surface area contributed by atoms with Crippen molar-refractivity contribution in [2.45, 2.75) is 38.4 Å². The number of rotatable bonds is 4. The van der Waals surface area contributed by atoms with E-state index < -0.39 is 5.97 Å². The van der Waals surface area contributed by atoms with Crippen LogP contribution in [0.3, 0.4) is 0 Å². The number of fused-ring (bicyclic) bond motifs is 1. The van der Waals surface area contributed by atoms with Gasteiger partial charge in [0.15, 0.2) is 0 Å². The van der Waals surface area contributed by atoms with E-state index in [1.807, 2.05) is 24.3 Å². The first kappa shape index (κ1) is 14.0. The van der Waals surface area contributed by atoms with E-state index >= 15 is 0 Å². The summed E-state index contributed by atoms with van der Waals surface area (Å²) >= 11 is 0. The van der Waals surface area contributed by atoms with Crippen LogP contribution in [0.15, 0.2) is 36.5 Å². The van der Waals surface area contributed by atoms with Gasteiger partial charge in [0.1, 0.15) is 0 Å². The fourth-order valence-electron chi connectivity index (χ4n) is 2.91. The quantitative estimate of drug-likeness (QED) is 0.935. The molecule has 1 aromatic heterocycles. The van der Waals surface area contributed by atoms with E-state index in [1.54, 1.807) is 6.20 Å². The van der Waals surface area contributed by atoms with E-state index in [4.69, 9.17) is 9.84 Å². The predicted octanol–water partition coefficient (Wildman–Crippen LogP) is 3.39. The lowest BCUT2D eigenvalue weighted by Gasteiger charge is -2.26. The van der Waals surface area contributed by atoms with Gasteiger partial charge >= 0.3 is 5.97 Å². The number of aromatic nitrogens is 1. The highest BCUT2D eigenvalue weighted by Crippen LogP contribution is 2.27. The zero-order valence-corrected chi connectivity index (χ0v) is 11.9. The van der Waals surface area contributed by atoms with Crippen molar-refractivity contribution >= 4 is 16.9 Å². The molecule has 21 heavy (non-hydrogen) atoms. The number of hydrogen-bond acceptors (Lipinski definition) is 3. The Kier molecular flexibility index (Phi) is 4.15. The SMILES string of the molecule is O=C(O)C1CCC(OCc2ccc3ncccc3c2)CC1. The fraction of sp³-hybridized carbons (Fsp3) is 0.412. The topological polar surface area (TPSA) is 59.4 Å². The summed E-state index contributed by atoms with van der Waals surface area (Å²) in [7, 11) is 0. The van der Waals surface area contributed by atoms with Gasteiger partial charge < -0.3 is 9.84 Å². The van der Waals surface area contributed by atoms with Gasteiger partial charge in [0.05, 0.1) is 24.1 Å². The molecule has 1 heterocycles. The Morgan fingerprint density at radius 2 is 2.05 bits per heavy atom. The molecule has 0 spiro atoms. The predicted molar refractivity (Wildman–Crippen MR) is 79.9 cm³/mol. The number of benzene rings is 1. The van der Waals surface area contributed by atoms with E-state index in [2.05, 4.69) is 11.1 Å². The number of hydrogen-bond donors (Lipinski definition) is 1. The van der Waals surface area contributed by atoms with E-state index in [0.717, 1.165) is 42.1 Å². The molecule has 0 unspecified atom stereocenters.